The van der Waals surface area contributed by atoms with Gasteiger partial charge in [-0.1, -0.05) is 12.1 Å². The number of hydrogen-bond donors (Lipinski definition) is 3. The molecule has 1 aliphatic heterocycles. The summed E-state index contributed by atoms with van der Waals surface area (Å²) in [4.78, 5) is 15.7. The Bertz CT molecular complexity index is 700. The molecule has 5 nitrogen and oxygen atoms in total. The maximum Gasteiger partial charge on any atom is 0.253 e. The molecule has 0 unspecified atom stereocenters. The van der Waals surface area contributed by atoms with Crippen molar-refractivity contribution in [2.75, 3.05) is 33.4 Å². The minimum absolute atomic E-state index is 0.0258. The van der Waals surface area contributed by atoms with Gasteiger partial charge in [-0.05, 0) is 43.6 Å². The molecule has 0 aliphatic carbocycles. The van der Waals surface area contributed by atoms with Gasteiger partial charge in [0.1, 0.15) is 5.82 Å². The fourth-order valence-electron chi connectivity index (χ4n) is 3.42. The lowest BCUT2D eigenvalue weighted by atomic mass is 9.79. The maximum atomic E-state index is 13.1. The smallest absolute Gasteiger partial charge is 0.253 e. The Labute approximate surface area is 147 Å². The van der Waals surface area contributed by atoms with Gasteiger partial charge in [-0.25, -0.2) is 4.39 Å². The SMILES string of the molecule is COCC1(CNC(=O)c2c[nH]cc2-c2ccc(F)cc2)CCNCC1. The van der Waals surface area contributed by atoms with Crippen molar-refractivity contribution >= 4 is 5.91 Å². The lowest BCUT2D eigenvalue weighted by molar-refractivity contribution is 0.0512. The van der Waals surface area contributed by atoms with Gasteiger partial charge < -0.3 is 20.4 Å². The maximum absolute atomic E-state index is 13.1. The van der Waals surface area contributed by atoms with Crippen LogP contribution in [0.5, 0.6) is 0 Å². The number of ether oxygens (including phenoxy) is 1. The first-order valence-electron chi connectivity index (χ1n) is 8.54. The Kier molecular flexibility index (Phi) is 5.50. The van der Waals surface area contributed by atoms with Gasteiger partial charge in [0.2, 0.25) is 0 Å². The summed E-state index contributed by atoms with van der Waals surface area (Å²) in [6.45, 7) is 3.08. The van der Waals surface area contributed by atoms with E-state index in [9.17, 15) is 9.18 Å². The molecule has 1 fully saturated rings. The number of amides is 1. The zero-order chi connectivity index (χ0) is 17.7. The van der Waals surface area contributed by atoms with E-state index in [0.717, 1.165) is 37.1 Å². The fraction of sp³-hybridized carbons (Fsp3) is 0.421. The Balaban J connectivity index is 1.71. The largest absolute Gasteiger partial charge is 0.384 e. The molecule has 0 radical (unpaired) electrons. The van der Waals surface area contributed by atoms with Crippen molar-refractivity contribution in [2.45, 2.75) is 12.8 Å². The van der Waals surface area contributed by atoms with Crippen LogP contribution in [0.25, 0.3) is 11.1 Å². The standard InChI is InChI=1S/C19H24FN3O2/c1-25-13-19(6-8-21-9-7-19)12-23-18(24)17-11-22-10-16(17)14-2-4-15(20)5-3-14/h2-5,10-11,21-22H,6-9,12-13H2,1H3,(H,23,24). The summed E-state index contributed by atoms with van der Waals surface area (Å²) in [5, 5.41) is 6.41. The number of aromatic amines is 1. The average Bonchev–Trinajstić information content (AvgIpc) is 3.11. The topological polar surface area (TPSA) is 66.1 Å². The molecular formula is C19H24FN3O2. The van der Waals surface area contributed by atoms with Crippen molar-refractivity contribution in [1.82, 2.24) is 15.6 Å². The first kappa shape index (κ1) is 17.6. The number of carbonyl (C=O) groups is 1. The van der Waals surface area contributed by atoms with Crippen LogP contribution in [0.4, 0.5) is 4.39 Å². The third-order valence-corrected chi connectivity index (χ3v) is 4.88. The molecule has 6 heteroatoms. The highest BCUT2D eigenvalue weighted by atomic mass is 19.1. The van der Waals surface area contributed by atoms with E-state index >= 15 is 0 Å². The predicted octanol–water partition coefficient (Wildman–Crippen LogP) is 2.57. The monoisotopic (exact) mass is 345 g/mol. The van der Waals surface area contributed by atoms with E-state index in [-0.39, 0.29) is 17.1 Å². The third-order valence-electron chi connectivity index (χ3n) is 4.88. The fourth-order valence-corrected chi connectivity index (χ4v) is 3.42. The molecule has 134 valence electrons. The third kappa shape index (κ3) is 4.08. The summed E-state index contributed by atoms with van der Waals surface area (Å²) in [7, 11) is 1.70. The Morgan fingerprint density at radius 3 is 2.64 bits per heavy atom. The van der Waals surface area contributed by atoms with E-state index in [4.69, 9.17) is 4.74 Å². The highest BCUT2D eigenvalue weighted by molar-refractivity contribution is 6.00. The van der Waals surface area contributed by atoms with E-state index in [1.807, 2.05) is 0 Å². The second-order valence-corrected chi connectivity index (χ2v) is 6.66. The molecule has 2 aromatic rings. The summed E-state index contributed by atoms with van der Waals surface area (Å²) in [5.74, 6) is -0.424. The summed E-state index contributed by atoms with van der Waals surface area (Å²) in [6.07, 6.45) is 5.38. The van der Waals surface area contributed by atoms with Crippen LogP contribution in [0.2, 0.25) is 0 Å². The number of nitrogens with one attached hydrogen (secondary N) is 3. The molecule has 1 amide bonds. The molecule has 0 bridgehead atoms. The zero-order valence-corrected chi connectivity index (χ0v) is 14.4. The second kappa shape index (κ2) is 7.80. The number of methoxy groups -OCH3 is 1. The van der Waals surface area contributed by atoms with Crippen LogP contribution < -0.4 is 10.6 Å². The molecule has 3 rings (SSSR count). The molecule has 1 aliphatic rings. The predicted molar refractivity (Wildman–Crippen MR) is 94.9 cm³/mol. The summed E-state index contributed by atoms with van der Waals surface area (Å²) < 4.78 is 18.5. The van der Waals surface area contributed by atoms with Crippen LogP contribution in [-0.4, -0.2) is 44.2 Å². The van der Waals surface area contributed by atoms with Crippen molar-refractivity contribution in [3.8, 4) is 11.1 Å². The van der Waals surface area contributed by atoms with E-state index in [2.05, 4.69) is 15.6 Å². The molecule has 0 atom stereocenters. The number of H-pyrrole nitrogens is 1. The molecule has 1 aromatic heterocycles. The van der Waals surface area contributed by atoms with Crippen LogP contribution in [0.15, 0.2) is 36.7 Å². The van der Waals surface area contributed by atoms with Crippen LogP contribution in [0.3, 0.4) is 0 Å². The van der Waals surface area contributed by atoms with Gasteiger partial charge in [0.05, 0.1) is 12.2 Å². The lowest BCUT2D eigenvalue weighted by Crippen LogP contribution is -2.47. The number of hydrogen-bond acceptors (Lipinski definition) is 3. The van der Waals surface area contributed by atoms with Gasteiger partial charge in [0.25, 0.3) is 5.91 Å². The molecule has 25 heavy (non-hydrogen) atoms. The van der Waals surface area contributed by atoms with Gasteiger partial charge >= 0.3 is 0 Å². The Hall–Kier alpha value is -2.18. The minimum atomic E-state index is -0.294. The highest BCUT2D eigenvalue weighted by Gasteiger charge is 2.32. The summed E-state index contributed by atoms with van der Waals surface area (Å²) >= 11 is 0. The van der Waals surface area contributed by atoms with Crippen LogP contribution >= 0.6 is 0 Å². The molecule has 1 saturated heterocycles. The zero-order valence-electron chi connectivity index (χ0n) is 14.4. The Morgan fingerprint density at radius 2 is 1.96 bits per heavy atom. The van der Waals surface area contributed by atoms with E-state index in [1.54, 1.807) is 31.6 Å². The molecule has 3 N–H and O–H groups in total. The number of carbonyl (C=O) groups excluding carboxylic acids is 1. The van der Waals surface area contributed by atoms with Gasteiger partial charge in [-0.15, -0.1) is 0 Å². The lowest BCUT2D eigenvalue weighted by Gasteiger charge is -2.37. The first-order chi connectivity index (χ1) is 12.1. The molecule has 0 spiro atoms. The normalized spacial score (nSPS) is 16.6. The van der Waals surface area contributed by atoms with E-state index < -0.39 is 0 Å². The van der Waals surface area contributed by atoms with Crippen molar-refractivity contribution in [1.29, 1.82) is 0 Å². The van der Waals surface area contributed by atoms with E-state index in [1.165, 1.54) is 12.1 Å². The number of rotatable bonds is 6. The number of benzene rings is 1. The highest BCUT2D eigenvalue weighted by Crippen LogP contribution is 2.29. The van der Waals surface area contributed by atoms with Crippen molar-refractivity contribution in [3.05, 3.63) is 48.0 Å². The average molecular weight is 345 g/mol. The molecule has 1 aromatic carbocycles. The number of aromatic nitrogens is 1. The van der Waals surface area contributed by atoms with Crippen LogP contribution in [-0.2, 0) is 4.74 Å². The van der Waals surface area contributed by atoms with Crippen molar-refractivity contribution < 1.29 is 13.9 Å². The van der Waals surface area contributed by atoms with Crippen LogP contribution in [0.1, 0.15) is 23.2 Å². The van der Waals surface area contributed by atoms with Crippen molar-refractivity contribution in [2.24, 2.45) is 5.41 Å². The Morgan fingerprint density at radius 1 is 1.24 bits per heavy atom. The number of halogens is 1. The van der Waals surface area contributed by atoms with Gasteiger partial charge in [0.15, 0.2) is 0 Å². The minimum Gasteiger partial charge on any atom is -0.384 e. The molecule has 0 saturated carbocycles. The van der Waals surface area contributed by atoms with Gasteiger partial charge in [-0.2, -0.15) is 0 Å². The summed E-state index contributed by atoms with van der Waals surface area (Å²) in [6, 6.07) is 6.14. The molecule has 2 heterocycles. The summed E-state index contributed by atoms with van der Waals surface area (Å²) in [5.41, 5.74) is 2.11. The molecular weight excluding hydrogens is 321 g/mol. The van der Waals surface area contributed by atoms with Crippen LogP contribution in [0, 0.1) is 11.2 Å². The van der Waals surface area contributed by atoms with Gasteiger partial charge in [0, 0.05) is 37.0 Å². The quantitative estimate of drug-likeness (QED) is 0.754. The second-order valence-electron chi connectivity index (χ2n) is 6.66. The number of piperidine rings is 1. The van der Waals surface area contributed by atoms with Gasteiger partial charge in [-0.3, -0.25) is 4.79 Å². The first-order valence-corrected chi connectivity index (χ1v) is 8.54. The van der Waals surface area contributed by atoms with E-state index in [0.29, 0.717) is 18.7 Å². The van der Waals surface area contributed by atoms with Crippen molar-refractivity contribution in [3.63, 3.8) is 0 Å².